The standard InChI is InChI=1S/C11H14N4/c1-7-8(2)11(13)9(12)5-10(7)15-4-3-14-6-15/h3-6H,12-13H2,1-2H3. The number of hydrogen-bond donors (Lipinski definition) is 2. The molecular formula is C11H14N4. The maximum atomic E-state index is 5.86. The van der Waals surface area contributed by atoms with Gasteiger partial charge in [-0.1, -0.05) is 0 Å². The van der Waals surface area contributed by atoms with Crippen LogP contribution >= 0.6 is 0 Å². The van der Waals surface area contributed by atoms with E-state index in [0.717, 1.165) is 16.8 Å². The van der Waals surface area contributed by atoms with Crippen LogP contribution in [0.2, 0.25) is 0 Å². The van der Waals surface area contributed by atoms with Crippen LogP contribution in [0.25, 0.3) is 5.69 Å². The summed E-state index contributed by atoms with van der Waals surface area (Å²) in [6.45, 7) is 4.00. The van der Waals surface area contributed by atoms with Crippen molar-refractivity contribution >= 4 is 11.4 Å². The molecule has 0 aliphatic carbocycles. The Morgan fingerprint density at radius 1 is 1.20 bits per heavy atom. The third kappa shape index (κ3) is 1.44. The van der Waals surface area contributed by atoms with E-state index in [9.17, 15) is 0 Å². The highest BCUT2D eigenvalue weighted by atomic mass is 15.0. The average Bonchev–Trinajstić information content (AvgIpc) is 2.73. The van der Waals surface area contributed by atoms with Crippen molar-refractivity contribution in [1.29, 1.82) is 0 Å². The molecule has 1 aromatic carbocycles. The molecule has 1 heterocycles. The fraction of sp³-hybridized carbons (Fsp3) is 0.182. The lowest BCUT2D eigenvalue weighted by Gasteiger charge is -2.13. The summed E-state index contributed by atoms with van der Waals surface area (Å²) in [5.41, 5.74) is 16.1. The highest BCUT2D eigenvalue weighted by Gasteiger charge is 2.09. The number of nitrogens with zero attached hydrogens (tertiary/aromatic N) is 2. The Kier molecular flexibility index (Phi) is 2.11. The molecule has 78 valence electrons. The Morgan fingerprint density at radius 3 is 2.53 bits per heavy atom. The van der Waals surface area contributed by atoms with Crippen LogP contribution < -0.4 is 11.5 Å². The highest BCUT2D eigenvalue weighted by Crippen LogP contribution is 2.28. The van der Waals surface area contributed by atoms with Crippen molar-refractivity contribution in [3.63, 3.8) is 0 Å². The van der Waals surface area contributed by atoms with E-state index in [-0.39, 0.29) is 0 Å². The van der Waals surface area contributed by atoms with Crippen molar-refractivity contribution in [3.05, 3.63) is 35.9 Å². The van der Waals surface area contributed by atoms with Gasteiger partial charge in [-0.15, -0.1) is 0 Å². The highest BCUT2D eigenvalue weighted by molar-refractivity contribution is 5.73. The monoisotopic (exact) mass is 202 g/mol. The quantitative estimate of drug-likeness (QED) is 0.691. The number of imidazole rings is 1. The Bertz CT molecular complexity index is 486. The molecular weight excluding hydrogens is 188 g/mol. The zero-order valence-electron chi connectivity index (χ0n) is 8.86. The third-order valence-electron chi connectivity index (χ3n) is 2.74. The molecule has 0 fully saturated rings. The molecule has 4 N–H and O–H groups in total. The van der Waals surface area contributed by atoms with Crippen LogP contribution in [0.1, 0.15) is 11.1 Å². The van der Waals surface area contributed by atoms with Gasteiger partial charge in [-0.25, -0.2) is 4.98 Å². The van der Waals surface area contributed by atoms with Crippen LogP contribution in [-0.2, 0) is 0 Å². The molecule has 0 saturated heterocycles. The summed E-state index contributed by atoms with van der Waals surface area (Å²) in [5, 5.41) is 0. The summed E-state index contributed by atoms with van der Waals surface area (Å²) in [7, 11) is 0. The van der Waals surface area contributed by atoms with Gasteiger partial charge in [0.25, 0.3) is 0 Å². The number of nitrogens with two attached hydrogens (primary N) is 2. The first-order valence-corrected chi connectivity index (χ1v) is 4.74. The number of hydrogen-bond acceptors (Lipinski definition) is 3. The number of anilines is 2. The lowest BCUT2D eigenvalue weighted by atomic mass is 10.0. The van der Waals surface area contributed by atoms with Crippen LogP contribution in [0.5, 0.6) is 0 Å². The Hall–Kier alpha value is -1.97. The van der Waals surface area contributed by atoms with E-state index < -0.39 is 0 Å². The fourth-order valence-corrected chi connectivity index (χ4v) is 1.61. The van der Waals surface area contributed by atoms with E-state index in [1.807, 2.05) is 30.7 Å². The van der Waals surface area contributed by atoms with E-state index >= 15 is 0 Å². The van der Waals surface area contributed by atoms with Gasteiger partial charge < -0.3 is 16.0 Å². The van der Waals surface area contributed by atoms with Gasteiger partial charge >= 0.3 is 0 Å². The normalized spacial score (nSPS) is 10.5. The van der Waals surface area contributed by atoms with Gasteiger partial charge in [-0.3, -0.25) is 0 Å². The van der Waals surface area contributed by atoms with Gasteiger partial charge in [0.05, 0.1) is 23.4 Å². The van der Waals surface area contributed by atoms with E-state index in [1.54, 1.807) is 12.5 Å². The predicted octanol–water partition coefficient (Wildman–Crippen LogP) is 1.65. The van der Waals surface area contributed by atoms with Gasteiger partial charge in [-0.2, -0.15) is 0 Å². The smallest absolute Gasteiger partial charge is 0.0991 e. The molecule has 0 amide bonds. The molecule has 0 atom stereocenters. The number of benzene rings is 1. The van der Waals surface area contributed by atoms with E-state index in [0.29, 0.717) is 11.4 Å². The summed E-state index contributed by atoms with van der Waals surface area (Å²) in [5.74, 6) is 0. The van der Waals surface area contributed by atoms with Crippen LogP contribution in [-0.4, -0.2) is 9.55 Å². The summed E-state index contributed by atoms with van der Waals surface area (Å²) in [6.07, 6.45) is 5.37. The van der Waals surface area contributed by atoms with E-state index in [4.69, 9.17) is 11.5 Å². The van der Waals surface area contributed by atoms with Gasteiger partial charge in [0.2, 0.25) is 0 Å². The Morgan fingerprint density at radius 2 is 1.93 bits per heavy atom. The molecule has 0 aliphatic heterocycles. The molecule has 1 aromatic heterocycles. The van der Waals surface area contributed by atoms with E-state index in [2.05, 4.69) is 4.98 Å². The molecule has 0 aliphatic rings. The Balaban J connectivity index is 2.69. The van der Waals surface area contributed by atoms with Crippen LogP contribution in [0, 0.1) is 13.8 Å². The molecule has 4 heteroatoms. The second kappa shape index (κ2) is 3.31. The minimum absolute atomic E-state index is 0.613. The zero-order valence-corrected chi connectivity index (χ0v) is 8.86. The molecule has 4 nitrogen and oxygen atoms in total. The second-order valence-electron chi connectivity index (χ2n) is 3.62. The second-order valence-corrected chi connectivity index (χ2v) is 3.62. The molecule has 0 saturated carbocycles. The molecule has 0 unspecified atom stereocenters. The van der Waals surface area contributed by atoms with Gasteiger partial charge in [0.1, 0.15) is 0 Å². The first-order valence-electron chi connectivity index (χ1n) is 4.74. The minimum Gasteiger partial charge on any atom is -0.397 e. The predicted molar refractivity (Wildman–Crippen MR) is 61.9 cm³/mol. The first kappa shape index (κ1) is 9.58. The molecule has 0 radical (unpaired) electrons. The van der Waals surface area contributed by atoms with Gasteiger partial charge in [0.15, 0.2) is 0 Å². The van der Waals surface area contributed by atoms with Crippen molar-refractivity contribution < 1.29 is 0 Å². The van der Waals surface area contributed by atoms with Crippen molar-refractivity contribution in [3.8, 4) is 5.69 Å². The summed E-state index contributed by atoms with van der Waals surface area (Å²) in [4.78, 5) is 4.01. The number of rotatable bonds is 1. The topological polar surface area (TPSA) is 69.9 Å². The summed E-state index contributed by atoms with van der Waals surface area (Å²) in [6, 6.07) is 1.87. The van der Waals surface area contributed by atoms with E-state index in [1.165, 1.54) is 0 Å². The summed E-state index contributed by atoms with van der Waals surface area (Å²) < 4.78 is 1.93. The molecule has 2 rings (SSSR count). The van der Waals surface area contributed by atoms with Crippen LogP contribution in [0.4, 0.5) is 11.4 Å². The third-order valence-corrected chi connectivity index (χ3v) is 2.74. The zero-order chi connectivity index (χ0) is 11.0. The van der Waals surface area contributed by atoms with Crippen LogP contribution in [0.15, 0.2) is 24.8 Å². The van der Waals surface area contributed by atoms with Gasteiger partial charge in [0, 0.05) is 12.4 Å². The largest absolute Gasteiger partial charge is 0.397 e. The van der Waals surface area contributed by atoms with Crippen LogP contribution in [0.3, 0.4) is 0 Å². The molecule has 15 heavy (non-hydrogen) atoms. The number of aromatic nitrogens is 2. The van der Waals surface area contributed by atoms with Crippen molar-refractivity contribution in [2.45, 2.75) is 13.8 Å². The minimum atomic E-state index is 0.613. The lowest BCUT2D eigenvalue weighted by molar-refractivity contribution is 1.03. The summed E-state index contributed by atoms with van der Waals surface area (Å²) >= 11 is 0. The molecule has 0 spiro atoms. The Labute approximate surface area is 88.5 Å². The maximum absolute atomic E-state index is 5.86. The van der Waals surface area contributed by atoms with Crippen molar-refractivity contribution in [2.24, 2.45) is 0 Å². The lowest BCUT2D eigenvalue weighted by Crippen LogP contribution is -2.04. The SMILES string of the molecule is Cc1c(-n2ccnc2)cc(N)c(N)c1C. The van der Waals surface area contributed by atoms with Gasteiger partial charge in [-0.05, 0) is 31.0 Å². The molecule has 0 bridgehead atoms. The fourth-order valence-electron chi connectivity index (χ4n) is 1.61. The first-order chi connectivity index (χ1) is 7.11. The van der Waals surface area contributed by atoms with Crippen molar-refractivity contribution in [2.75, 3.05) is 11.5 Å². The number of nitrogen functional groups attached to an aromatic ring is 2. The molecule has 2 aromatic rings. The maximum Gasteiger partial charge on any atom is 0.0991 e. The van der Waals surface area contributed by atoms with Crippen molar-refractivity contribution in [1.82, 2.24) is 9.55 Å². The average molecular weight is 202 g/mol.